The Kier molecular flexibility index (Phi) is 11.0. The van der Waals surface area contributed by atoms with Crippen molar-refractivity contribution in [3.63, 3.8) is 0 Å². The van der Waals surface area contributed by atoms with Gasteiger partial charge in [-0.2, -0.15) is 0 Å². The van der Waals surface area contributed by atoms with Gasteiger partial charge in [-0.15, -0.1) is 0 Å². The number of ether oxygens (including phenoxy) is 1. The highest BCUT2D eigenvalue weighted by atomic mass is 32.2. The molecule has 37 heavy (non-hydrogen) atoms. The Hall–Kier alpha value is -1.49. The molecule has 4 unspecified atom stereocenters. The van der Waals surface area contributed by atoms with Gasteiger partial charge in [-0.1, -0.05) is 19.1 Å². The lowest BCUT2D eigenvalue weighted by Gasteiger charge is -2.41. The number of hydrogen-bond donors (Lipinski definition) is 1. The molecule has 1 N–H and O–H groups in total. The summed E-state index contributed by atoms with van der Waals surface area (Å²) in [7, 11) is 3.45. The SMILES string of the molecule is CCC(CC(C)(F)F)C(=O)N1CCC(NS(=O)N(C)C)C(COC2CCC(c3cccc(F)c3)CC2)C1. The fourth-order valence-corrected chi connectivity index (χ4v) is 6.25. The molecule has 3 rings (SSSR count). The van der Waals surface area contributed by atoms with Gasteiger partial charge in [-0.3, -0.25) is 4.79 Å². The largest absolute Gasteiger partial charge is 0.378 e. The lowest BCUT2D eigenvalue weighted by Crippen LogP contribution is -2.55. The molecule has 1 amide bonds. The number of alkyl halides is 2. The lowest BCUT2D eigenvalue weighted by molar-refractivity contribution is -0.142. The Balaban J connectivity index is 1.60. The quantitative estimate of drug-likeness (QED) is 0.431. The summed E-state index contributed by atoms with van der Waals surface area (Å²) in [6.07, 6.45) is 4.10. The summed E-state index contributed by atoms with van der Waals surface area (Å²) >= 11 is -1.38. The third kappa shape index (κ3) is 9.04. The highest BCUT2D eigenvalue weighted by molar-refractivity contribution is 7.80. The van der Waals surface area contributed by atoms with Crippen molar-refractivity contribution in [3.05, 3.63) is 35.6 Å². The smallest absolute Gasteiger partial charge is 0.246 e. The fourth-order valence-electron chi connectivity index (χ4n) is 5.47. The number of hydrogen-bond acceptors (Lipinski definition) is 3. The summed E-state index contributed by atoms with van der Waals surface area (Å²) < 4.78 is 64.5. The molecule has 0 aromatic heterocycles. The standard InChI is InChI=1S/C27H42F3N3O3S/c1-5-19(16-27(2,29)30)26(34)33-14-13-25(31-37(35)32(3)4)22(17-33)18-36-24-11-9-20(10-12-24)21-7-6-8-23(28)15-21/h6-8,15,19-20,22,24-25,31H,5,9-14,16-18H2,1-4H3. The van der Waals surface area contributed by atoms with E-state index in [0.29, 0.717) is 38.5 Å². The second kappa shape index (κ2) is 13.5. The van der Waals surface area contributed by atoms with Crippen molar-refractivity contribution >= 4 is 17.1 Å². The van der Waals surface area contributed by atoms with Crippen LogP contribution >= 0.6 is 0 Å². The van der Waals surface area contributed by atoms with Crippen LogP contribution in [0.4, 0.5) is 13.2 Å². The van der Waals surface area contributed by atoms with Crippen molar-refractivity contribution in [1.82, 2.24) is 13.9 Å². The molecule has 6 nitrogen and oxygen atoms in total. The molecule has 210 valence electrons. The van der Waals surface area contributed by atoms with Crippen LogP contribution in [0.1, 0.15) is 70.3 Å². The molecule has 0 bridgehead atoms. The normalized spacial score (nSPS) is 26.8. The first-order valence-electron chi connectivity index (χ1n) is 13.4. The monoisotopic (exact) mass is 545 g/mol. The van der Waals surface area contributed by atoms with Crippen LogP contribution in [-0.2, 0) is 20.7 Å². The molecule has 1 aliphatic carbocycles. The van der Waals surface area contributed by atoms with Crippen LogP contribution < -0.4 is 4.72 Å². The van der Waals surface area contributed by atoms with Crippen LogP contribution in [0.5, 0.6) is 0 Å². The summed E-state index contributed by atoms with van der Waals surface area (Å²) in [6, 6.07) is 6.67. The highest BCUT2D eigenvalue weighted by Crippen LogP contribution is 2.35. The number of amides is 1. The van der Waals surface area contributed by atoms with Crippen LogP contribution in [0.3, 0.4) is 0 Å². The van der Waals surface area contributed by atoms with Gasteiger partial charge in [0.2, 0.25) is 11.8 Å². The molecule has 1 aliphatic heterocycles. The Morgan fingerprint density at radius 3 is 2.54 bits per heavy atom. The Labute approximate surface area is 222 Å². The second-order valence-corrected chi connectivity index (χ2v) is 12.3. The van der Waals surface area contributed by atoms with E-state index in [9.17, 15) is 22.2 Å². The molecule has 2 aliphatic rings. The number of nitrogens with zero attached hydrogens (tertiary/aromatic N) is 2. The number of benzene rings is 1. The number of rotatable bonds is 11. The van der Waals surface area contributed by atoms with Crippen molar-refractivity contribution in [3.8, 4) is 0 Å². The first kappa shape index (κ1) is 30.1. The van der Waals surface area contributed by atoms with E-state index in [4.69, 9.17) is 4.74 Å². The zero-order valence-electron chi connectivity index (χ0n) is 22.4. The molecule has 0 spiro atoms. The Morgan fingerprint density at radius 2 is 1.95 bits per heavy atom. The topological polar surface area (TPSA) is 61.9 Å². The van der Waals surface area contributed by atoms with Crippen LogP contribution in [0.15, 0.2) is 24.3 Å². The van der Waals surface area contributed by atoms with Gasteiger partial charge in [0.05, 0.1) is 12.7 Å². The highest BCUT2D eigenvalue weighted by Gasteiger charge is 2.38. The van der Waals surface area contributed by atoms with Crippen molar-refractivity contribution in [2.24, 2.45) is 11.8 Å². The number of carbonyl (C=O) groups excluding carboxylic acids is 1. The Bertz CT molecular complexity index is 906. The van der Waals surface area contributed by atoms with Gasteiger partial charge in [0.25, 0.3) is 0 Å². The lowest BCUT2D eigenvalue weighted by atomic mass is 9.82. The maximum absolute atomic E-state index is 13.7. The van der Waals surface area contributed by atoms with Crippen LogP contribution in [0.25, 0.3) is 0 Å². The minimum absolute atomic E-state index is 0.0676. The molecule has 1 aromatic carbocycles. The molecule has 4 atom stereocenters. The van der Waals surface area contributed by atoms with Crippen LogP contribution in [-0.4, -0.2) is 71.2 Å². The van der Waals surface area contributed by atoms with E-state index in [1.165, 1.54) is 6.07 Å². The van der Waals surface area contributed by atoms with E-state index < -0.39 is 29.4 Å². The summed E-state index contributed by atoms with van der Waals surface area (Å²) in [5, 5.41) is 0. The van der Waals surface area contributed by atoms with E-state index in [1.807, 2.05) is 6.07 Å². The van der Waals surface area contributed by atoms with Crippen molar-refractivity contribution in [2.45, 2.75) is 82.8 Å². The van der Waals surface area contributed by atoms with Gasteiger partial charge in [-0.25, -0.2) is 26.4 Å². The molecule has 1 saturated heterocycles. The van der Waals surface area contributed by atoms with E-state index >= 15 is 0 Å². The number of carbonyl (C=O) groups is 1. The first-order valence-corrected chi connectivity index (χ1v) is 14.5. The van der Waals surface area contributed by atoms with Gasteiger partial charge in [-0.05, 0) is 69.1 Å². The van der Waals surface area contributed by atoms with Gasteiger partial charge in [0.1, 0.15) is 5.82 Å². The number of halogens is 3. The summed E-state index contributed by atoms with van der Waals surface area (Å²) in [4.78, 5) is 14.8. The molecular weight excluding hydrogens is 503 g/mol. The maximum Gasteiger partial charge on any atom is 0.246 e. The van der Waals surface area contributed by atoms with Crippen LogP contribution in [0, 0.1) is 17.7 Å². The third-order valence-electron chi connectivity index (χ3n) is 7.62. The van der Waals surface area contributed by atoms with Gasteiger partial charge in [0.15, 0.2) is 11.2 Å². The number of piperidine rings is 1. The summed E-state index contributed by atoms with van der Waals surface area (Å²) in [6.45, 7) is 3.83. The molecule has 1 heterocycles. The van der Waals surface area contributed by atoms with Crippen LogP contribution in [0.2, 0.25) is 0 Å². The first-order chi connectivity index (χ1) is 17.5. The molecule has 10 heteroatoms. The van der Waals surface area contributed by atoms with Crippen molar-refractivity contribution in [2.75, 3.05) is 33.8 Å². The zero-order valence-corrected chi connectivity index (χ0v) is 23.2. The van der Waals surface area contributed by atoms with E-state index in [1.54, 1.807) is 42.4 Å². The minimum Gasteiger partial charge on any atom is -0.378 e. The predicted octanol–water partition coefficient (Wildman–Crippen LogP) is 4.89. The minimum atomic E-state index is -2.90. The molecule has 0 radical (unpaired) electrons. The summed E-state index contributed by atoms with van der Waals surface area (Å²) in [5.74, 6) is -3.86. The van der Waals surface area contributed by atoms with Crippen molar-refractivity contribution < 1.29 is 26.9 Å². The summed E-state index contributed by atoms with van der Waals surface area (Å²) in [5.41, 5.74) is 1.03. The molecular formula is C27H42F3N3O3S. The average Bonchev–Trinajstić information content (AvgIpc) is 2.86. The molecule has 2 fully saturated rings. The molecule has 1 aromatic rings. The average molecular weight is 546 g/mol. The fraction of sp³-hybridized carbons (Fsp3) is 0.741. The van der Waals surface area contributed by atoms with E-state index in [-0.39, 0.29) is 29.8 Å². The zero-order chi connectivity index (χ0) is 27.2. The molecule has 1 saturated carbocycles. The number of likely N-dealkylation sites (tertiary alicyclic amines) is 1. The van der Waals surface area contributed by atoms with Gasteiger partial charge in [0, 0.05) is 51.5 Å². The maximum atomic E-state index is 13.7. The second-order valence-electron chi connectivity index (χ2n) is 10.9. The Morgan fingerprint density at radius 1 is 1.24 bits per heavy atom. The van der Waals surface area contributed by atoms with Gasteiger partial charge < -0.3 is 9.64 Å². The van der Waals surface area contributed by atoms with E-state index in [0.717, 1.165) is 38.2 Å². The van der Waals surface area contributed by atoms with E-state index in [2.05, 4.69) is 4.72 Å². The third-order valence-corrected chi connectivity index (χ3v) is 8.78. The number of nitrogens with one attached hydrogen (secondary N) is 1. The van der Waals surface area contributed by atoms with Gasteiger partial charge >= 0.3 is 0 Å². The van der Waals surface area contributed by atoms with Crippen molar-refractivity contribution in [1.29, 1.82) is 0 Å². The predicted molar refractivity (Wildman–Crippen MR) is 140 cm³/mol.